The molecule has 1 heterocycles. The van der Waals surface area contributed by atoms with Gasteiger partial charge in [0.2, 0.25) is 0 Å². The van der Waals surface area contributed by atoms with Gasteiger partial charge in [0.25, 0.3) is 11.8 Å². The maximum atomic E-state index is 12.3. The van der Waals surface area contributed by atoms with E-state index in [1.807, 2.05) is 30.3 Å². The maximum absolute atomic E-state index is 12.3. The highest BCUT2D eigenvalue weighted by molar-refractivity contribution is 6.01. The van der Waals surface area contributed by atoms with Crippen molar-refractivity contribution in [1.29, 1.82) is 0 Å². The maximum Gasteiger partial charge on any atom is 0.269 e. The highest BCUT2D eigenvalue weighted by Gasteiger charge is 2.15. The summed E-state index contributed by atoms with van der Waals surface area (Å²) in [5.41, 5.74) is 5.68. The van der Waals surface area contributed by atoms with Gasteiger partial charge in [-0.1, -0.05) is 30.3 Å². The molecular formula is C20H16N2O4. The van der Waals surface area contributed by atoms with Crippen molar-refractivity contribution >= 4 is 22.6 Å². The normalized spacial score (nSPS) is 12.5. The number of amides is 2. The van der Waals surface area contributed by atoms with Gasteiger partial charge in [-0.25, -0.2) is 0 Å². The van der Waals surface area contributed by atoms with E-state index in [1.165, 1.54) is 0 Å². The molecule has 0 bridgehead atoms. The molecule has 0 atom stereocenters. The fraction of sp³-hybridized carbons (Fsp3) is 0.100. The van der Waals surface area contributed by atoms with Crippen LogP contribution in [0.3, 0.4) is 0 Å². The minimum atomic E-state index is -0.434. The van der Waals surface area contributed by atoms with E-state index in [0.717, 1.165) is 10.8 Å². The minimum absolute atomic E-state index is 0.369. The summed E-state index contributed by atoms with van der Waals surface area (Å²) in [5.74, 6) is 0.301. The smallest absolute Gasteiger partial charge is 0.269 e. The third-order valence-corrected chi connectivity index (χ3v) is 4.11. The van der Waals surface area contributed by atoms with Crippen molar-refractivity contribution in [3.8, 4) is 11.5 Å². The molecule has 0 fully saturated rings. The molecule has 26 heavy (non-hydrogen) atoms. The predicted octanol–water partition coefficient (Wildman–Crippen LogP) is 2.69. The van der Waals surface area contributed by atoms with Gasteiger partial charge < -0.3 is 9.47 Å². The topological polar surface area (TPSA) is 76.7 Å². The molecule has 6 heteroatoms. The molecule has 1 aliphatic heterocycles. The number of hydrogen-bond donors (Lipinski definition) is 2. The van der Waals surface area contributed by atoms with E-state index >= 15 is 0 Å². The van der Waals surface area contributed by atoms with Crippen LogP contribution in [0, 0.1) is 0 Å². The Morgan fingerprint density at radius 3 is 2.08 bits per heavy atom. The lowest BCUT2D eigenvalue weighted by atomic mass is 10.1. The molecule has 0 unspecified atom stereocenters. The van der Waals surface area contributed by atoms with E-state index in [-0.39, 0.29) is 5.91 Å². The van der Waals surface area contributed by atoms with E-state index in [0.29, 0.717) is 35.8 Å². The zero-order chi connectivity index (χ0) is 17.9. The average molecular weight is 348 g/mol. The Labute approximate surface area is 149 Å². The van der Waals surface area contributed by atoms with Gasteiger partial charge in [0.1, 0.15) is 13.2 Å². The molecular weight excluding hydrogens is 332 g/mol. The summed E-state index contributed by atoms with van der Waals surface area (Å²) < 4.78 is 10.9. The second-order valence-electron chi connectivity index (χ2n) is 5.83. The van der Waals surface area contributed by atoms with E-state index in [9.17, 15) is 9.59 Å². The summed E-state index contributed by atoms with van der Waals surface area (Å²) in [4.78, 5) is 24.5. The third-order valence-electron chi connectivity index (χ3n) is 4.11. The fourth-order valence-corrected chi connectivity index (χ4v) is 2.77. The van der Waals surface area contributed by atoms with Gasteiger partial charge in [0, 0.05) is 11.1 Å². The number of rotatable bonds is 2. The highest BCUT2D eigenvalue weighted by Crippen LogP contribution is 2.30. The number of hydrazine groups is 1. The van der Waals surface area contributed by atoms with Crippen LogP contribution in [0.15, 0.2) is 60.7 Å². The number of ether oxygens (including phenoxy) is 2. The molecule has 4 rings (SSSR count). The Hall–Kier alpha value is -3.54. The van der Waals surface area contributed by atoms with E-state index in [2.05, 4.69) is 10.9 Å². The molecule has 1 aliphatic rings. The standard InChI is InChI=1S/C20H16N2O4/c23-19(15-6-5-13-3-1-2-4-14(13)11-15)21-22-20(24)16-7-8-17-18(12-16)26-10-9-25-17/h1-8,11-12H,9-10H2,(H,21,23)(H,22,24). The van der Waals surface area contributed by atoms with Gasteiger partial charge in [-0.05, 0) is 41.1 Å². The van der Waals surface area contributed by atoms with Crippen LogP contribution in [0.5, 0.6) is 11.5 Å². The number of hydrogen-bond acceptors (Lipinski definition) is 4. The summed E-state index contributed by atoms with van der Waals surface area (Å²) >= 11 is 0. The Morgan fingerprint density at radius 1 is 0.692 bits per heavy atom. The molecule has 0 radical (unpaired) electrons. The highest BCUT2D eigenvalue weighted by atomic mass is 16.6. The van der Waals surface area contributed by atoms with Gasteiger partial charge in [-0.15, -0.1) is 0 Å². The first-order chi connectivity index (χ1) is 12.7. The van der Waals surface area contributed by atoms with Gasteiger partial charge in [-0.2, -0.15) is 0 Å². The van der Waals surface area contributed by atoms with Crippen molar-refractivity contribution in [1.82, 2.24) is 10.9 Å². The van der Waals surface area contributed by atoms with E-state index in [4.69, 9.17) is 9.47 Å². The van der Waals surface area contributed by atoms with Crippen LogP contribution < -0.4 is 20.3 Å². The van der Waals surface area contributed by atoms with Crippen molar-refractivity contribution in [2.45, 2.75) is 0 Å². The lowest BCUT2D eigenvalue weighted by Gasteiger charge is -2.18. The molecule has 130 valence electrons. The number of fused-ring (bicyclic) bond motifs is 2. The van der Waals surface area contributed by atoms with Crippen molar-refractivity contribution in [3.05, 3.63) is 71.8 Å². The SMILES string of the molecule is O=C(NNC(=O)c1ccc2ccccc2c1)c1ccc2c(c1)OCCO2. The summed E-state index contributed by atoms with van der Waals surface area (Å²) in [5, 5.41) is 2.00. The summed E-state index contributed by atoms with van der Waals surface area (Å²) in [6.07, 6.45) is 0. The quantitative estimate of drug-likeness (QED) is 0.698. The zero-order valence-electron chi connectivity index (χ0n) is 13.8. The van der Waals surface area contributed by atoms with Crippen molar-refractivity contribution in [2.24, 2.45) is 0 Å². The van der Waals surface area contributed by atoms with Crippen LogP contribution >= 0.6 is 0 Å². The summed E-state index contributed by atoms with van der Waals surface area (Å²) in [7, 11) is 0. The summed E-state index contributed by atoms with van der Waals surface area (Å²) in [6.45, 7) is 0.928. The average Bonchev–Trinajstić information content (AvgIpc) is 2.71. The van der Waals surface area contributed by atoms with Gasteiger partial charge in [0.15, 0.2) is 11.5 Å². The number of carbonyl (C=O) groups is 2. The second-order valence-corrected chi connectivity index (χ2v) is 5.83. The van der Waals surface area contributed by atoms with E-state index < -0.39 is 5.91 Å². The Bertz CT molecular complexity index is 1000. The number of carbonyl (C=O) groups excluding carboxylic acids is 2. The van der Waals surface area contributed by atoms with Crippen LogP contribution in [-0.2, 0) is 0 Å². The molecule has 3 aromatic carbocycles. The summed E-state index contributed by atoms with van der Waals surface area (Å²) in [6, 6.07) is 18.0. The van der Waals surface area contributed by atoms with Crippen molar-refractivity contribution in [2.75, 3.05) is 13.2 Å². The van der Waals surface area contributed by atoms with Crippen LogP contribution in [-0.4, -0.2) is 25.0 Å². The second kappa shape index (κ2) is 6.76. The monoisotopic (exact) mass is 348 g/mol. The Balaban J connectivity index is 1.44. The van der Waals surface area contributed by atoms with Crippen LogP contribution in [0.25, 0.3) is 10.8 Å². The molecule has 2 amide bonds. The van der Waals surface area contributed by atoms with Crippen molar-refractivity contribution < 1.29 is 19.1 Å². The molecule has 0 aliphatic carbocycles. The number of nitrogens with one attached hydrogen (secondary N) is 2. The van der Waals surface area contributed by atoms with Gasteiger partial charge >= 0.3 is 0 Å². The first-order valence-corrected chi connectivity index (χ1v) is 8.20. The van der Waals surface area contributed by atoms with Gasteiger partial charge in [-0.3, -0.25) is 20.4 Å². The predicted molar refractivity (Wildman–Crippen MR) is 96.3 cm³/mol. The Kier molecular flexibility index (Phi) is 4.15. The zero-order valence-corrected chi connectivity index (χ0v) is 13.8. The molecule has 0 aromatic heterocycles. The van der Waals surface area contributed by atoms with Crippen LogP contribution in [0.2, 0.25) is 0 Å². The van der Waals surface area contributed by atoms with Crippen LogP contribution in [0.1, 0.15) is 20.7 Å². The molecule has 0 saturated heterocycles. The lowest BCUT2D eigenvalue weighted by molar-refractivity contribution is 0.0846. The minimum Gasteiger partial charge on any atom is -0.486 e. The van der Waals surface area contributed by atoms with Crippen molar-refractivity contribution in [3.63, 3.8) is 0 Å². The fourth-order valence-electron chi connectivity index (χ4n) is 2.77. The number of benzene rings is 3. The van der Waals surface area contributed by atoms with Crippen LogP contribution in [0.4, 0.5) is 0 Å². The van der Waals surface area contributed by atoms with Gasteiger partial charge in [0.05, 0.1) is 0 Å². The molecule has 0 saturated carbocycles. The lowest BCUT2D eigenvalue weighted by Crippen LogP contribution is -2.41. The first kappa shape index (κ1) is 16.0. The first-order valence-electron chi connectivity index (χ1n) is 8.20. The molecule has 6 nitrogen and oxygen atoms in total. The molecule has 3 aromatic rings. The molecule has 0 spiro atoms. The molecule has 2 N–H and O–H groups in total. The Morgan fingerprint density at radius 2 is 1.31 bits per heavy atom. The van der Waals surface area contributed by atoms with E-state index in [1.54, 1.807) is 30.3 Å². The third kappa shape index (κ3) is 3.17. The largest absolute Gasteiger partial charge is 0.486 e.